The van der Waals surface area contributed by atoms with Gasteiger partial charge in [-0.1, -0.05) is 17.7 Å². The Morgan fingerprint density at radius 3 is 2.43 bits per heavy atom. The second kappa shape index (κ2) is 7.55. The number of pyridine rings is 1. The van der Waals surface area contributed by atoms with E-state index in [1.54, 1.807) is 24.4 Å². The second-order valence-corrected chi connectivity index (χ2v) is 4.94. The Morgan fingerprint density at radius 1 is 1.14 bits per heavy atom. The summed E-state index contributed by atoms with van der Waals surface area (Å²) >= 11 is 0. The molecule has 1 aromatic carbocycles. The molecular formula is C17H20N2O2. The van der Waals surface area contributed by atoms with Crippen molar-refractivity contribution in [2.45, 2.75) is 13.5 Å². The number of nitrogens with zero attached hydrogens (tertiary/aromatic N) is 2. The van der Waals surface area contributed by atoms with Gasteiger partial charge >= 0.3 is 0 Å². The van der Waals surface area contributed by atoms with E-state index in [9.17, 15) is 4.79 Å². The Balaban J connectivity index is 2.14. The Hall–Kier alpha value is -2.20. The number of ether oxygens (including phenoxy) is 1. The van der Waals surface area contributed by atoms with Crippen LogP contribution in [0.25, 0.3) is 0 Å². The molecule has 0 unspecified atom stereocenters. The van der Waals surface area contributed by atoms with Gasteiger partial charge in [-0.05, 0) is 36.8 Å². The maximum Gasteiger partial charge on any atom is 0.254 e. The standard InChI is InChI=1S/C17H20N2O2/c1-14-3-5-16(6-4-14)17(20)19(11-12-21-2)13-15-7-9-18-10-8-15/h3-10H,11-13H2,1-2H3. The van der Waals surface area contributed by atoms with E-state index in [4.69, 9.17) is 4.74 Å². The van der Waals surface area contributed by atoms with Gasteiger partial charge in [0.05, 0.1) is 6.61 Å². The average molecular weight is 284 g/mol. The van der Waals surface area contributed by atoms with Gasteiger partial charge in [-0.3, -0.25) is 9.78 Å². The van der Waals surface area contributed by atoms with Gasteiger partial charge in [0.1, 0.15) is 0 Å². The Kier molecular flexibility index (Phi) is 5.46. The van der Waals surface area contributed by atoms with E-state index >= 15 is 0 Å². The van der Waals surface area contributed by atoms with Gasteiger partial charge in [0.15, 0.2) is 0 Å². The molecule has 0 atom stereocenters. The molecule has 0 aliphatic rings. The van der Waals surface area contributed by atoms with E-state index in [2.05, 4.69) is 4.98 Å². The molecular weight excluding hydrogens is 264 g/mol. The highest BCUT2D eigenvalue weighted by molar-refractivity contribution is 5.94. The molecule has 1 heterocycles. The van der Waals surface area contributed by atoms with E-state index in [0.29, 0.717) is 25.3 Å². The first kappa shape index (κ1) is 15.2. The Labute approximate surface area is 125 Å². The largest absolute Gasteiger partial charge is 0.383 e. The fourth-order valence-corrected chi connectivity index (χ4v) is 2.04. The smallest absolute Gasteiger partial charge is 0.254 e. The van der Waals surface area contributed by atoms with Crippen molar-refractivity contribution in [2.24, 2.45) is 0 Å². The molecule has 0 saturated carbocycles. The van der Waals surface area contributed by atoms with Crippen LogP contribution in [0.4, 0.5) is 0 Å². The summed E-state index contributed by atoms with van der Waals surface area (Å²) in [5, 5.41) is 0. The summed E-state index contributed by atoms with van der Waals surface area (Å²) in [7, 11) is 1.64. The lowest BCUT2D eigenvalue weighted by atomic mass is 10.1. The maximum absolute atomic E-state index is 12.6. The van der Waals surface area contributed by atoms with Gasteiger partial charge < -0.3 is 9.64 Å². The average Bonchev–Trinajstić information content (AvgIpc) is 2.52. The number of rotatable bonds is 6. The molecule has 2 rings (SSSR count). The number of hydrogen-bond donors (Lipinski definition) is 0. The van der Waals surface area contributed by atoms with Crippen molar-refractivity contribution in [3.05, 3.63) is 65.5 Å². The van der Waals surface area contributed by atoms with E-state index in [1.165, 1.54) is 0 Å². The third-order valence-electron chi connectivity index (χ3n) is 3.27. The lowest BCUT2D eigenvalue weighted by molar-refractivity contribution is 0.0680. The van der Waals surface area contributed by atoms with Crippen molar-refractivity contribution in [2.75, 3.05) is 20.3 Å². The minimum Gasteiger partial charge on any atom is -0.383 e. The topological polar surface area (TPSA) is 42.4 Å². The van der Waals surface area contributed by atoms with Gasteiger partial charge in [-0.25, -0.2) is 0 Å². The molecule has 1 amide bonds. The second-order valence-electron chi connectivity index (χ2n) is 4.94. The highest BCUT2D eigenvalue weighted by Gasteiger charge is 2.15. The van der Waals surface area contributed by atoms with E-state index in [-0.39, 0.29) is 5.91 Å². The summed E-state index contributed by atoms with van der Waals surface area (Å²) < 4.78 is 5.11. The molecule has 21 heavy (non-hydrogen) atoms. The molecule has 0 aliphatic carbocycles. The molecule has 0 radical (unpaired) electrons. The first-order chi connectivity index (χ1) is 10.2. The van der Waals surface area contributed by atoms with Crippen molar-refractivity contribution < 1.29 is 9.53 Å². The van der Waals surface area contributed by atoms with Crippen LogP contribution in [-0.4, -0.2) is 36.1 Å². The number of carbonyl (C=O) groups is 1. The Bertz CT molecular complexity index is 567. The van der Waals surface area contributed by atoms with Gasteiger partial charge in [-0.2, -0.15) is 0 Å². The Morgan fingerprint density at radius 2 is 1.81 bits per heavy atom. The fourth-order valence-electron chi connectivity index (χ4n) is 2.04. The third kappa shape index (κ3) is 4.39. The molecule has 4 nitrogen and oxygen atoms in total. The molecule has 2 aromatic rings. The van der Waals surface area contributed by atoms with Crippen molar-refractivity contribution in [3.63, 3.8) is 0 Å². The minimum atomic E-state index is 0.0175. The number of methoxy groups -OCH3 is 1. The molecule has 110 valence electrons. The van der Waals surface area contributed by atoms with E-state index in [1.807, 2.05) is 43.3 Å². The van der Waals surface area contributed by atoms with Crippen LogP contribution in [0, 0.1) is 6.92 Å². The lowest BCUT2D eigenvalue weighted by Crippen LogP contribution is -2.33. The molecule has 0 N–H and O–H groups in total. The van der Waals surface area contributed by atoms with Gasteiger partial charge in [0, 0.05) is 38.2 Å². The predicted molar refractivity (Wildman–Crippen MR) is 82.0 cm³/mol. The maximum atomic E-state index is 12.6. The molecule has 0 aliphatic heterocycles. The monoisotopic (exact) mass is 284 g/mol. The first-order valence-electron chi connectivity index (χ1n) is 6.94. The lowest BCUT2D eigenvalue weighted by Gasteiger charge is -2.22. The van der Waals surface area contributed by atoms with Crippen LogP contribution in [0.5, 0.6) is 0 Å². The minimum absolute atomic E-state index is 0.0175. The number of aryl methyl sites for hydroxylation is 1. The van der Waals surface area contributed by atoms with Crippen LogP contribution in [0.1, 0.15) is 21.5 Å². The molecule has 1 aromatic heterocycles. The summed E-state index contributed by atoms with van der Waals surface area (Å²) in [6.07, 6.45) is 3.47. The fraction of sp³-hybridized carbons (Fsp3) is 0.294. The molecule has 0 fully saturated rings. The number of hydrogen-bond acceptors (Lipinski definition) is 3. The number of carbonyl (C=O) groups excluding carboxylic acids is 1. The SMILES string of the molecule is COCCN(Cc1ccncc1)C(=O)c1ccc(C)cc1. The highest BCUT2D eigenvalue weighted by Crippen LogP contribution is 2.11. The molecule has 4 heteroatoms. The molecule has 0 spiro atoms. The quantitative estimate of drug-likeness (QED) is 0.819. The summed E-state index contributed by atoms with van der Waals surface area (Å²) in [6, 6.07) is 11.5. The number of amides is 1. The van der Waals surface area contributed by atoms with Gasteiger partial charge in [0.2, 0.25) is 0 Å². The van der Waals surface area contributed by atoms with E-state index in [0.717, 1.165) is 11.1 Å². The normalized spacial score (nSPS) is 10.4. The van der Waals surface area contributed by atoms with Crippen LogP contribution in [0.2, 0.25) is 0 Å². The van der Waals surface area contributed by atoms with Crippen molar-refractivity contribution in [3.8, 4) is 0 Å². The van der Waals surface area contributed by atoms with E-state index < -0.39 is 0 Å². The van der Waals surface area contributed by atoms with Crippen LogP contribution < -0.4 is 0 Å². The number of aromatic nitrogens is 1. The zero-order valence-corrected chi connectivity index (χ0v) is 12.5. The third-order valence-corrected chi connectivity index (χ3v) is 3.27. The predicted octanol–water partition coefficient (Wildman–Crippen LogP) is 2.68. The van der Waals surface area contributed by atoms with Crippen LogP contribution in [-0.2, 0) is 11.3 Å². The van der Waals surface area contributed by atoms with Crippen LogP contribution in [0.3, 0.4) is 0 Å². The van der Waals surface area contributed by atoms with Crippen LogP contribution >= 0.6 is 0 Å². The summed E-state index contributed by atoms with van der Waals surface area (Å²) in [5.41, 5.74) is 2.90. The van der Waals surface area contributed by atoms with Crippen molar-refractivity contribution >= 4 is 5.91 Å². The number of benzene rings is 1. The summed E-state index contributed by atoms with van der Waals surface area (Å²) in [5.74, 6) is 0.0175. The van der Waals surface area contributed by atoms with Gasteiger partial charge in [0.25, 0.3) is 5.91 Å². The zero-order chi connectivity index (χ0) is 15.1. The highest BCUT2D eigenvalue weighted by atomic mass is 16.5. The van der Waals surface area contributed by atoms with Crippen molar-refractivity contribution in [1.29, 1.82) is 0 Å². The first-order valence-corrected chi connectivity index (χ1v) is 6.94. The zero-order valence-electron chi connectivity index (χ0n) is 12.5. The molecule has 0 saturated heterocycles. The molecule has 0 bridgehead atoms. The summed E-state index contributed by atoms with van der Waals surface area (Å²) in [6.45, 7) is 3.64. The van der Waals surface area contributed by atoms with Crippen molar-refractivity contribution in [1.82, 2.24) is 9.88 Å². The van der Waals surface area contributed by atoms with Crippen LogP contribution in [0.15, 0.2) is 48.8 Å². The summed E-state index contributed by atoms with van der Waals surface area (Å²) in [4.78, 5) is 18.4. The van der Waals surface area contributed by atoms with Gasteiger partial charge in [-0.15, -0.1) is 0 Å².